The Kier molecular flexibility index (Phi) is 6.22. The summed E-state index contributed by atoms with van der Waals surface area (Å²) >= 11 is 0. The summed E-state index contributed by atoms with van der Waals surface area (Å²) in [6, 6.07) is 15.4. The largest absolute Gasteiger partial charge is 0.448 e. The van der Waals surface area contributed by atoms with Crippen LogP contribution in [0.1, 0.15) is 25.0 Å². The van der Waals surface area contributed by atoms with E-state index in [1.165, 1.54) is 6.92 Å². The van der Waals surface area contributed by atoms with Crippen molar-refractivity contribution >= 4 is 26.9 Å². The van der Waals surface area contributed by atoms with Gasteiger partial charge in [0, 0.05) is 25.4 Å². The van der Waals surface area contributed by atoms with Crippen LogP contribution >= 0.6 is 0 Å². The monoisotopic (exact) mass is 416 g/mol. The number of fused-ring (bicyclic) bond motifs is 1. The van der Waals surface area contributed by atoms with E-state index >= 15 is 0 Å². The average molecular weight is 416 g/mol. The molecular weight excluding hydrogens is 392 g/mol. The maximum Gasteiger partial charge on any atom is 0.445 e. The Hall–Kier alpha value is -2.87. The molecule has 0 spiro atoms. The van der Waals surface area contributed by atoms with Crippen molar-refractivity contribution < 1.29 is 22.7 Å². The fourth-order valence-electron chi connectivity index (χ4n) is 3.50. The molecule has 29 heavy (non-hydrogen) atoms. The number of nitrogens with one attached hydrogen (secondary N) is 1. The molecule has 0 fully saturated rings. The SMILES string of the molecule is CC(=O)NC[C@@H]1Cc2ccccc2N(S(=O)(=O)C(=O)OCc2ccccc2)[C@@H]1C. The fraction of sp³-hybridized carbons (Fsp3) is 0.333. The highest BCUT2D eigenvalue weighted by molar-refractivity contribution is 8.06. The standard InChI is InChI=1S/C21H24N2O5S/c1-15-19(13-22-16(2)24)12-18-10-6-7-11-20(18)23(15)29(26,27)21(25)28-14-17-8-4-3-5-9-17/h3-11,15,19H,12-14H2,1-2H3,(H,22,24)/t15-,19+/m1/s1. The predicted octanol–water partition coefficient (Wildman–Crippen LogP) is 2.86. The molecule has 2 aromatic rings. The van der Waals surface area contributed by atoms with E-state index in [4.69, 9.17) is 4.74 Å². The van der Waals surface area contributed by atoms with Gasteiger partial charge in [-0.1, -0.05) is 48.5 Å². The van der Waals surface area contributed by atoms with Crippen LogP contribution < -0.4 is 9.62 Å². The minimum absolute atomic E-state index is 0.127. The molecule has 8 heteroatoms. The molecule has 3 rings (SSSR count). The zero-order valence-corrected chi connectivity index (χ0v) is 17.2. The second-order valence-electron chi connectivity index (χ2n) is 7.10. The van der Waals surface area contributed by atoms with Gasteiger partial charge in [-0.15, -0.1) is 0 Å². The summed E-state index contributed by atoms with van der Waals surface area (Å²) in [4.78, 5) is 23.9. The molecule has 0 saturated heterocycles. The number of hydrogen-bond acceptors (Lipinski definition) is 5. The van der Waals surface area contributed by atoms with E-state index in [2.05, 4.69) is 5.32 Å². The summed E-state index contributed by atoms with van der Waals surface area (Å²) in [5, 5.41) is 1.46. The molecule has 1 amide bonds. The molecule has 1 N–H and O–H groups in total. The van der Waals surface area contributed by atoms with Gasteiger partial charge in [-0.2, -0.15) is 8.42 Å². The summed E-state index contributed by atoms with van der Waals surface area (Å²) in [7, 11) is -4.41. The van der Waals surface area contributed by atoms with Gasteiger partial charge in [0.2, 0.25) is 5.91 Å². The quantitative estimate of drug-likeness (QED) is 0.757. The molecule has 1 aliphatic heterocycles. The molecule has 7 nitrogen and oxygen atoms in total. The van der Waals surface area contributed by atoms with Crippen LogP contribution in [0.5, 0.6) is 0 Å². The highest BCUT2D eigenvalue weighted by Gasteiger charge is 2.42. The minimum atomic E-state index is -4.41. The molecule has 0 unspecified atom stereocenters. The van der Waals surface area contributed by atoms with Crippen LogP contribution in [0.4, 0.5) is 10.5 Å². The first-order valence-electron chi connectivity index (χ1n) is 9.38. The summed E-state index contributed by atoms with van der Waals surface area (Å²) in [5.41, 5.74) is 1.97. The van der Waals surface area contributed by atoms with Crippen molar-refractivity contribution in [2.75, 3.05) is 10.8 Å². The second kappa shape index (κ2) is 8.65. The summed E-state index contributed by atoms with van der Waals surface area (Å²) in [6.45, 7) is 3.34. The van der Waals surface area contributed by atoms with Crippen molar-refractivity contribution in [2.45, 2.75) is 32.9 Å². The van der Waals surface area contributed by atoms with Crippen molar-refractivity contribution in [3.05, 3.63) is 65.7 Å². The molecule has 0 aromatic heterocycles. The molecular formula is C21H24N2O5S. The predicted molar refractivity (Wildman–Crippen MR) is 110 cm³/mol. The van der Waals surface area contributed by atoms with Gasteiger partial charge < -0.3 is 10.1 Å². The number of benzene rings is 2. The Balaban J connectivity index is 1.86. The average Bonchev–Trinajstić information content (AvgIpc) is 2.70. The van der Waals surface area contributed by atoms with Gasteiger partial charge in [0.05, 0.1) is 5.69 Å². The Morgan fingerprint density at radius 1 is 1.10 bits per heavy atom. The molecule has 154 valence electrons. The van der Waals surface area contributed by atoms with E-state index < -0.39 is 21.4 Å². The number of para-hydroxylation sites is 1. The first kappa shape index (κ1) is 20.9. The zero-order valence-electron chi connectivity index (χ0n) is 16.4. The normalized spacial score (nSPS) is 18.6. The molecule has 2 atom stereocenters. The number of hydrogen-bond donors (Lipinski definition) is 1. The zero-order chi connectivity index (χ0) is 21.0. The molecule has 0 bridgehead atoms. The second-order valence-corrected chi connectivity index (χ2v) is 8.77. The Labute approximate surface area is 170 Å². The lowest BCUT2D eigenvalue weighted by Crippen LogP contribution is -2.51. The van der Waals surface area contributed by atoms with Crippen LogP contribution in [0.15, 0.2) is 54.6 Å². The first-order valence-corrected chi connectivity index (χ1v) is 10.8. The number of carbonyl (C=O) groups excluding carboxylic acids is 2. The summed E-state index contributed by atoms with van der Waals surface area (Å²) in [6.07, 6.45) is 0.600. The van der Waals surface area contributed by atoms with Gasteiger partial charge >= 0.3 is 15.3 Å². The van der Waals surface area contributed by atoms with Crippen LogP contribution in [0.25, 0.3) is 0 Å². The number of sulfonamides is 1. The topological polar surface area (TPSA) is 92.8 Å². The number of nitrogens with zero attached hydrogens (tertiary/aromatic N) is 1. The molecule has 0 radical (unpaired) electrons. The third kappa shape index (κ3) is 4.59. The Bertz CT molecular complexity index is 991. The smallest absolute Gasteiger partial charge is 0.445 e. The third-order valence-electron chi connectivity index (χ3n) is 5.05. The first-order chi connectivity index (χ1) is 13.8. The molecule has 1 aliphatic rings. The van der Waals surface area contributed by atoms with Crippen molar-refractivity contribution in [2.24, 2.45) is 5.92 Å². The van der Waals surface area contributed by atoms with Gasteiger partial charge in [-0.3, -0.25) is 9.10 Å². The van der Waals surface area contributed by atoms with Gasteiger partial charge in [-0.05, 0) is 30.5 Å². The van der Waals surface area contributed by atoms with E-state index in [9.17, 15) is 18.0 Å². The number of amides is 1. The number of ether oxygens (including phenoxy) is 1. The van der Waals surface area contributed by atoms with Crippen LogP contribution in [0, 0.1) is 5.92 Å². The highest BCUT2D eigenvalue weighted by atomic mass is 32.2. The van der Waals surface area contributed by atoms with Crippen LogP contribution in [-0.4, -0.2) is 32.2 Å². The third-order valence-corrected chi connectivity index (χ3v) is 6.63. The lowest BCUT2D eigenvalue weighted by Gasteiger charge is -2.40. The van der Waals surface area contributed by atoms with Crippen LogP contribution in [0.2, 0.25) is 0 Å². The minimum Gasteiger partial charge on any atom is -0.448 e. The van der Waals surface area contributed by atoms with E-state index in [0.717, 1.165) is 9.87 Å². The maximum atomic E-state index is 13.1. The highest BCUT2D eigenvalue weighted by Crippen LogP contribution is 2.36. The summed E-state index contributed by atoms with van der Waals surface area (Å²) < 4.78 is 32.5. The van der Waals surface area contributed by atoms with Crippen LogP contribution in [-0.2, 0) is 32.6 Å². The lowest BCUT2D eigenvalue weighted by atomic mass is 9.88. The number of carbonyl (C=O) groups is 2. The molecule has 2 aromatic carbocycles. The van der Waals surface area contributed by atoms with Gasteiger partial charge in [-0.25, -0.2) is 4.79 Å². The molecule has 0 aliphatic carbocycles. The van der Waals surface area contributed by atoms with E-state index in [0.29, 0.717) is 24.2 Å². The maximum absolute atomic E-state index is 13.1. The van der Waals surface area contributed by atoms with E-state index in [-0.39, 0.29) is 18.4 Å². The van der Waals surface area contributed by atoms with Crippen molar-refractivity contribution in [3.63, 3.8) is 0 Å². The van der Waals surface area contributed by atoms with Gasteiger partial charge in [0.25, 0.3) is 0 Å². The molecule has 0 saturated carbocycles. The van der Waals surface area contributed by atoms with Gasteiger partial charge in [0.1, 0.15) is 6.61 Å². The van der Waals surface area contributed by atoms with Crippen LogP contribution in [0.3, 0.4) is 0 Å². The molecule has 1 heterocycles. The summed E-state index contributed by atoms with van der Waals surface area (Å²) in [5.74, 6) is -0.363. The van der Waals surface area contributed by atoms with Crippen molar-refractivity contribution in [1.82, 2.24) is 5.32 Å². The fourth-order valence-corrected chi connectivity index (χ4v) is 4.91. The van der Waals surface area contributed by atoms with Crippen molar-refractivity contribution in [3.8, 4) is 0 Å². The van der Waals surface area contributed by atoms with E-state index in [1.54, 1.807) is 43.3 Å². The van der Waals surface area contributed by atoms with E-state index in [1.807, 2.05) is 18.2 Å². The number of rotatable bonds is 5. The van der Waals surface area contributed by atoms with Crippen molar-refractivity contribution in [1.29, 1.82) is 0 Å². The Morgan fingerprint density at radius 3 is 2.45 bits per heavy atom. The Morgan fingerprint density at radius 2 is 1.76 bits per heavy atom. The number of anilines is 1. The van der Waals surface area contributed by atoms with Gasteiger partial charge in [0.15, 0.2) is 0 Å². The lowest BCUT2D eigenvalue weighted by molar-refractivity contribution is -0.119.